The molecular weight excluding hydrogens is 322 g/mol. The third kappa shape index (κ3) is 4.64. The molecule has 0 heterocycles. The molecule has 0 amide bonds. The van der Waals surface area contributed by atoms with Crippen molar-refractivity contribution in [2.75, 3.05) is 0 Å². The fourth-order valence-corrected chi connectivity index (χ4v) is 2.65. The highest BCUT2D eigenvalue weighted by Crippen LogP contribution is 2.16. The minimum atomic E-state index is 0.408. The van der Waals surface area contributed by atoms with Crippen molar-refractivity contribution in [3.05, 3.63) is 69.2 Å². The number of halogens is 2. The van der Waals surface area contributed by atoms with Crippen molar-refractivity contribution in [2.45, 2.75) is 25.9 Å². The molecule has 100 valence electrons. The first-order valence-corrected chi connectivity index (χ1v) is 7.53. The van der Waals surface area contributed by atoms with E-state index in [1.165, 1.54) is 11.1 Å². The second-order valence-electron chi connectivity index (χ2n) is 4.71. The van der Waals surface area contributed by atoms with Crippen LogP contribution in [0.5, 0.6) is 0 Å². The van der Waals surface area contributed by atoms with Gasteiger partial charge in [-0.15, -0.1) is 0 Å². The summed E-state index contributed by atoms with van der Waals surface area (Å²) in [5.74, 6) is 0. The SMILES string of the molecule is CC(Cc1cccc(Cl)c1)NCc1ccccc1Br. The Hall–Kier alpha value is -0.830. The van der Waals surface area contributed by atoms with Gasteiger partial charge >= 0.3 is 0 Å². The predicted molar refractivity (Wildman–Crippen MR) is 85.6 cm³/mol. The summed E-state index contributed by atoms with van der Waals surface area (Å²) in [4.78, 5) is 0. The van der Waals surface area contributed by atoms with Gasteiger partial charge in [-0.1, -0.05) is 57.9 Å². The van der Waals surface area contributed by atoms with Gasteiger partial charge in [0.1, 0.15) is 0 Å². The highest BCUT2D eigenvalue weighted by molar-refractivity contribution is 9.10. The van der Waals surface area contributed by atoms with E-state index in [1.807, 2.05) is 24.3 Å². The monoisotopic (exact) mass is 337 g/mol. The zero-order chi connectivity index (χ0) is 13.7. The van der Waals surface area contributed by atoms with Crippen LogP contribution in [0.3, 0.4) is 0 Å². The Kier molecular flexibility index (Phi) is 5.44. The zero-order valence-electron chi connectivity index (χ0n) is 10.9. The molecule has 0 spiro atoms. The van der Waals surface area contributed by atoms with E-state index in [-0.39, 0.29) is 0 Å². The molecule has 3 heteroatoms. The number of nitrogens with one attached hydrogen (secondary N) is 1. The van der Waals surface area contributed by atoms with E-state index in [0.717, 1.165) is 22.5 Å². The van der Waals surface area contributed by atoms with E-state index in [1.54, 1.807) is 0 Å². The number of rotatable bonds is 5. The maximum Gasteiger partial charge on any atom is 0.0408 e. The highest BCUT2D eigenvalue weighted by atomic mass is 79.9. The zero-order valence-corrected chi connectivity index (χ0v) is 13.2. The summed E-state index contributed by atoms with van der Waals surface area (Å²) in [5, 5.41) is 4.34. The molecular formula is C16H17BrClN. The lowest BCUT2D eigenvalue weighted by molar-refractivity contribution is 0.545. The van der Waals surface area contributed by atoms with Gasteiger partial charge in [-0.05, 0) is 42.7 Å². The first kappa shape index (κ1) is 14.6. The van der Waals surface area contributed by atoms with Crippen molar-refractivity contribution in [3.63, 3.8) is 0 Å². The van der Waals surface area contributed by atoms with Crippen LogP contribution in [-0.2, 0) is 13.0 Å². The minimum absolute atomic E-state index is 0.408. The van der Waals surface area contributed by atoms with Gasteiger partial charge in [-0.3, -0.25) is 0 Å². The van der Waals surface area contributed by atoms with Crippen molar-refractivity contribution in [1.29, 1.82) is 0 Å². The Morgan fingerprint density at radius 2 is 1.95 bits per heavy atom. The molecule has 0 saturated heterocycles. The van der Waals surface area contributed by atoms with Crippen molar-refractivity contribution in [1.82, 2.24) is 5.32 Å². The van der Waals surface area contributed by atoms with Crippen LogP contribution < -0.4 is 5.32 Å². The van der Waals surface area contributed by atoms with Crippen molar-refractivity contribution in [2.24, 2.45) is 0 Å². The lowest BCUT2D eigenvalue weighted by atomic mass is 10.1. The Bertz CT molecular complexity index is 542. The fourth-order valence-electron chi connectivity index (χ4n) is 2.02. The summed E-state index contributed by atoms with van der Waals surface area (Å²) in [5.41, 5.74) is 2.54. The number of benzene rings is 2. The van der Waals surface area contributed by atoms with Gasteiger partial charge in [-0.25, -0.2) is 0 Å². The third-order valence-corrected chi connectivity index (χ3v) is 4.04. The number of hydrogen-bond acceptors (Lipinski definition) is 1. The molecule has 0 aliphatic carbocycles. The fraction of sp³-hybridized carbons (Fsp3) is 0.250. The van der Waals surface area contributed by atoms with Gasteiger partial charge in [0.05, 0.1) is 0 Å². The Morgan fingerprint density at radius 1 is 1.16 bits per heavy atom. The minimum Gasteiger partial charge on any atom is -0.310 e. The quantitative estimate of drug-likeness (QED) is 0.824. The molecule has 19 heavy (non-hydrogen) atoms. The van der Waals surface area contributed by atoms with Crippen LogP contribution in [0.2, 0.25) is 5.02 Å². The van der Waals surface area contributed by atoms with Gasteiger partial charge < -0.3 is 5.32 Å². The topological polar surface area (TPSA) is 12.0 Å². The van der Waals surface area contributed by atoms with Crippen LogP contribution in [-0.4, -0.2) is 6.04 Å². The molecule has 1 atom stereocenters. The number of hydrogen-bond donors (Lipinski definition) is 1. The average Bonchev–Trinajstić information content (AvgIpc) is 2.38. The van der Waals surface area contributed by atoms with Crippen LogP contribution in [0, 0.1) is 0 Å². The molecule has 1 nitrogen and oxygen atoms in total. The van der Waals surface area contributed by atoms with Crippen LogP contribution in [0.15, 0.2) is 53.0 Å². The summed E-state index contributed by atoms with van der Waals surface area (Å²) in [6.07, 6.45) is 0.977. The highest BCUT2D eigenvalue weighted by Gasteiger charge is 2.05. The van der Waals surface area contributed by atoms with Crippen LogP contribution in [0.1, 0.15) is 18.1 Å². The largest absolute Gasteiger partial charge is 0.310 e. The van der Waals surface area contributed by atoms with E-state index in [0.29, 0.717) is 6.04 Å². The van der Waals surface area contributed by atoms with Gasteiger partial charge in [0.2, 0.25) is 0 Å². The van der Waals surface area contributed by atoms with E-state index < -0.39 is 0 Å². The molecule has 1 unspecified atom stereocenters. The van der Waals surface area contributed by atoms with Gasteiger partial charge in [0.25, 0.3) is 0 Å². The molecule has 0 aromatic heterocycles. The summed E-state index contributed by atoms with van der Waals surface area (Å²) < 4.78 is 1.15. The molecule has 0 radical (unpaired) electrons. The van der Waals surface area contributed by atoms with Crippen LogP contribution >= 0.6 is 27.5 Å². The normalized spacial score (nSPS) is 12.4. The lowest BCUT2D eigenvalue weighted by Gasteiger charge is -2.15. The molecule has 1 N–H and O–H groups in total. The van der Waals surface area contributed by atoms with E-state index in [4.69, 9.17) is 11.6 Å². The smallest absolute Gasteiger partial charge is 0.0408 e. The van der Waals surface area contributed by atoms with Crippen LogP contribution in [0.25, 0.3) is 0 Å². The molecule has 0 aliphatic heterocycles. The second kappa shape index (κ2) is 7.09. The second-order valence-corrected chi connectivity index (χ2v) is 6.00. The molecule has 0 saturated carbocycles. The first-order valence-electron chi connectivity index (χ1n) is 6.36. The summed E-state index contributed by atoms with van der Waals surface area (Å²) in [7, 11) is 0. The van der Waals surface area contributed by atoms with Crippen molar-refractivity contribution >= 4 is 27.5 Å². The summed E-state index contributed by atoms with van der Waals surface area (Å²) >= 11 is 9.56. The maximum atomic E-state index is 6.00. The molecule has 2 aromatic carbocycles. The van der Waals surface area contributed by atoms with Gasteiger partial charge in [-0.2, -0.15) is 0 Å². The lowest BCUT2D eigenvalue weighted by Crippen LogP contribution is -2.27. The van der Waals surface area contributed by atoms with E-state index in [2.05, 4.69) is 52.4 Å². The molecule has 2 aromatic rings. The summed E-state index contributed by atoms with van der Waals surface area (Å²) in [6.45, 7) is 3.06. The van der Waals surface area contributed by atoms with Crippen LogP contribution in [0.4, 0.5) is 0 Å². The standard InChI is InChI=1S/C16H17BrClN/c1-12(9-13-5-4-7-15(18)10-13)19-11-14-6-2-3-8-16(14)17/h2-8,10,12,19H,9,11H2,1H3. The average molecular weight is 339 g/mol. The van der Waals surface area contributed by atoms with Crippen molar-refractivity contribution in [3.8, 4) is 0 Å². The van der Waals surface area contributed by atoms with Crippen molar-refractivity contribution < 1.29 is 0 Å². The Morgan fingerprint density at radius 3 is 2.68 bits per heavy atom. The van der Waals surface area contributed by atoms with Gasteiger partial charge in [0.15, 0.2) is 0 Å². The summed E-state index contributed by atoms with van der Waals surface area (Å²) in [6, 6.07) is 16.7. The third-order valence-electron chi connectivity index (χ3n) is 3.03. The maximum absolute atomic E-state index is 6.00. The Labute approximate surface area is 128 Å². The molecule has 2 rings (SSSR count). The van der Waals surface area contributed by atoms with E-state index >= 15 is 0 Å². The molecule has 0 aliphatic rings. The Balaban J connectivity index is 1.88. The van der Waals surface area contributed by atoms with Gasteiger partial charge in [0, 0.05) is 22.1 Å². The predicted octanol–water partition coefficient (Wildman–Crippen LogP) is 4.82. The van der Waals surface area contributed by atoms with E-state index in [9.17, 15) is 0 Å². The molecule has 0 bridgehead atoms. The first-order chi connectivity index (χ1) is 9.15. The molecule has 0 fully saturated rings.